The van der Waals surface area contributed by atoms with Gasteiger partial charge in [-0.05, 0) is 51.3 Å². The third-order valence-corrected chi connectivity index (χ3v) is 6.53. The monoisotopic (exact) mass is 439 g/mol. The molecule has 3 aromatic heterocycles. The Hall–Kier alpha value is -3.83. The van der Waals surface area contributed by atoms with Crippen LogP contribution in [0.2, 0.25) is 0 Å². The maximum absolute atomic E-state index is 10.7. The van der Waals surface area contributed by atoms with Crippen LogP contribution in [0, 0.1) is 25.2 Å². The molecule has 1 aliphatic rings. The van der Waals surface area contributed by atoms with Crippen molar-refractivity contribution >= 4 is 0 Å². The minimum atomic E-state index is -0.846. The molecule has 4 aromatic rings. The summed E-state index contributed by atoms with van der Waals surface area (Å²) < 4.78 is 3.73. The summed E-state index contributed by atoms with van der Waals surface area (Å²) in [6, 6.07) is 11.6. The highest BCUT2D eigenvalue weighted by Gasteiger charge is 2.38. The molecule has 0 amide bonds. The van der Waals surface area contributed by atoms with Crippen molar-refractivity contribution < 1.29 is 5.11 Å². The molecule has 0 saturated heterocycles. The molecule has 0 bridgehead atoms. The fraction of sp³-hybridized carbons (Fsp3) is 0.320. The zero-order chi connectivity index (χ0) is 23.3. The Labute approximate surface area is 192 Å². The van der Waals surface area contributed by atoms with Crippen molar-refractivity contribution in [3.63, 3.8) is 0 Å². The first kappa shape index (κ1) is 21.0. The molecule has 166 valence electrons. The number of nitriles is 1. The summed E-state index contributed by atoms with van der Waals surface area (Å²) >= 11 is 0. The van der Waals surface area contributed by atoms with Gasteiger partial charge in [-0.15, -0.1) is 0 Å². The highest BCUT2D eigenvalue weighted by atomic mass is 16.3. The molecule has 33 heavy (non-hydrogen) atoms. The Morgan fingerprint density at radius 3 is 2.64 bits per heavy atom. The van der Waals surface area contributed by atoms with E-state index in [-0.39, 0.29) is 0 Å². The second-order valence-corrected chi connectivity index (χ2v) is 8.87. The quantitative estimate of drug-likeness (QED) is 0.523. The maximum Gasteiger partial charge on any atom is 0.157 e. The molecule has 8 nitrogen and oxygen atoms in total. The van der Waals surface area contributed by atoms with Crippen LogP contribution < -0.4 is 0 Å². The number of hydrogen-bond donors (Lipinski definition) is 1. The molecule has 1 unspecified atom stereocenters. The summed E-state index contributed by atoms with van der Waals surface area (Å²) in [5, 5.41) is 29.2. The maximum atomic E-state index is 10.7. The van der Waals surface area contributed by atoms with Gasteiger partial charge in [0.15, 0.2) is 5.82 Å². The fourth-order valence-corrected chi connectivity index (χ4v) is 4.84. The predicted molar refractivity (Wildman–Crippen MR) is 123 cm³/mol. The van der Waals surface area contributed by atoms with Crippen LogP contribution in [0.15, 0.2) is 36.7 Å². The van der Waals surface area contributed by atoms with E-state index in [0.29, 0.717) is 24.2 Å². The Morgan fingerprint density at radius 1 is 1.15 bits per heavy atom. The largest absolute Gasteiger partial charge is 0.385 e. The van der Waals surface area contributed by atoms with Gasteiger partial charge in [0.1, 0.15) is 6.33 Å². The average molecular weight is 440 g/mol. The van der Waals surface area contributed by atoms with Crippen LogP contribution in [0.4, 0.5) is 0 Å². The zero-order valence-electron chi connectivity index (χ0n) is 19.2. The van der Waals surface area contributed by atoms with Crippen LogP contribution in [0.25, 0.3) is 17.1 Å². The van der Waals surface area contributed by atoms with E-state index in [2.05, 4.69) is 28.1 Å². The minimum Gasteiger partial charge on any atom is -0.385 e. The number of benzene rings is 1. The first-order valence-electron chi connectivity index (χ1n) is 10.9. The molecule has 0 aliphatic heterocycles. The smallest absolute Gasteiger partial charge is 0.157 e. The van der Waals surface area contributed by atoms with E-state index < -0.39 is 5.60 Å². The van der Waals surface area contributed by atoms with Gasteiger partial charge in [-0.2, -0.15) is 15.5 Å². The summed E-state index contributed by atoms with van der Waals surface area (Å²) in [6.07, 6.45) is 3.61. The number of rotatable bonds is 4. The summed E-state index contributed by atoms with van der Waals surface area (Å²) in [4.78, 5) is 8.96. The number of fused-ring (bicyclic) bond motifs is 1. The van der Waals surface area contributed by atoms with Gasteiger partial charge in [-0.1, -0.05) is 12.1 Å². The molecule has 0 spiro atoms. The minimum absolute atomic E-state index is 0.599. The molecular weight excluding hydrogens is 414 g/mol. The van der Waals surface area contributed by atoms with Crippen molar-refractivity contribution in [2.75, 3.05) is 0 Å². The van der Waals surface area contributed by atoms with Crippen molar-refractivity contribution in [2.45, 2.75) is 45.6 Å². The van der Waals surface area contributed by atoms with Gasteiger partial charge < -0.3 is 5.11 Å². The third kappa shape index (κ3) is 3.51. The van der Waals surface area contributed by atoms with Gasteiger partial charge in [0.2, 0.25) is 0 Å². The second kappa shape index (κ2) is 7.64. The van der Waals surface area contributed by atoms with E-state index in [0.717, 1.165) is 51.6 Å². The van der Waals surface area contributed by atoms with E-state index in [1.807, 2.05) is 60.6 Å². The number of nitrogens with zero attached hydrogens (tertiary/aromatic N) is 7. The highest BCUT2D eigenvalue weighted by molar-refractivity contribution is 5.65. The van der Waals surface area contributed by atoms with Crippen molar-refractivity contribution in [1.29, 1.82) is 5.26 Å². The summed E-state index contributed by atoms with van der Waals surface area (Å²) in [7, 11) is 1.93. The number of hydrogen-bond acceptors (Lipinski definition) is 6. The van der Waals surface area contributed by atoms with E-state index in [9.17, 15) is 5.11 Å². The molecular formula is C25H25N7O. The van der Waals surface area contributed by atoms with Crippen LogP contribution in [-0.2, 0) is 25.5 Å². The lowest BCUT2D eigenvalue weighted by Crippen LogP contribution is -2.17. The van der Waals surface area contributed by atoms with Crippen molar-refractivity contribution in [2.24, 2.45) is 7.05 Å². The van der Waals surface area contributed by atoms with Gasteiger partial charge in [0.05, 0.1) is 40.0 Å². The van der Waals surface area contributed by atoms with E-state index >= 15 is 0 Å². The van der Waals surface area contributed by atoms with Crippen molar-refractivity contribution in [3.8, 4) is 23.1 Å². The lowest BCUT2D eigenvalue weighted by molar-refractivity contribution is 0.0586. The van der Waals surface area contributed by atoms with E-state index in [1.54, 1.807) is 6.33 Å². The van der Waals surface area contributed by atoms with E-state index in [1.165, 1.54) is 0 Å². The normalized spacial score (nSPS) is 17.2. The summed E-state index contributed by atoms with van der Waals surface area (Å²) in [5.41, 5.74) is 7.42. The summed E-state index contributed by atoms with van der Waals surface area (Å²) in [5.74, 6) is 0.703. The first-order valence-corrected chi connectivity index (χ1v) is 10.9. The van der Waals surface area contributed by atoms with Crippen LogP contribution in [0.1, 0.15) is 52.8 Å². The Bertz CT molecular complexity index is 1400. The topological polar surface area (TPSA) is 105 Å². The van der Waals surface area contributed by atoms with Gasteiger partial charge in [-0.3, -0.25) is 4.68 Å². The standard InChI is InChI=1S/C25H25N7O/c1-15-21(31(4)30-24(15)18-7-5-17(13-26)6-8-18)11-19-12-22(28-14-27-19)32-20-9-10-25(3,33)23(20)16(2)29-32/h5-8,12,14,33H,9-11H2,1-4H3. The Balaban J connectivity index is 1.48. The molecule has 1 N–H and O–H groups in total. The fourth-order valence-electron chi connectivity index (χ4n) is 4.84. The number of aryl methyl sites for hydroxylation is 2. The van der Waals surface area contributed by atoms with Crippen LogP contribution in [0.5, 0.6) is 0 Å². The van der Waals surface area contributed by atoms with Crippen molar-refractivity contribution in [1.82, 2.24) is 29.5 Å². The molecule has 1 aliphatic carbocycles. The molecule has 0 saturated carbocycles. The Morgan fingerprint density at radius 2 is 1.91 bits per heavy atom. The average Bonchev–Trinajstić information content (AvgIpc) is 3.41. The highest BCUT2D eigenvalue weighted by Crippen LogP contribution is 2.39. The molecule has 8 heteroatoms. The van der Waals surface area contributed by atoms with Gasteiger partial charge in [0.25, 0.3) is 0 Å². The molecule has 1 atom stereocenters. The lowest BCUT2D eigenvalue weighted by atomic mass is 9.99. The molecule has 0 radical (unpaired) electrons. The molecule has 5 rings (SSSR count). The van der Waals surface area contributed by atoms with Gasteiger partial charge in [-0.25, -0.2) is 14.6 Å². The van der Waals surface area contributed by atoms with Crippen LogP contribution in [-0.4, -0.2) is 34.6 Å². The van der Waals surface area contributed by atoms with Crippen LogP contribution >= 0.6 is 0 Å². The van der Waals surface area contributed by atoms with Crippen molar-refractivity contribution in [3.05, 3.63) is 76.1 Å². The van der Waals surface area contributed by atoms with Crippen LogP contribution in [0.3, 0.4) is 0 Å². The molecule has 1 aromatic carbocycles. The SMILES string of the molecule is Cc1nn(-c2cc(Cc3c(C)c(-c4ccc(C#N)cc4)nn3C)ncn2)c2c1C(C)(O)CC2. The second-order valence-electron chi connectivity index (χ2n) is 8.87. The van der Waals surface area contributed by atoms with Gasteiger partial charge in [0, 0.05) is 36.4 Å². The number of aliphatic hydroxyl groups is 1. The number of aromatic nitrogens is 6. The zero-order valence-corrected chi connectivity index (χ0v) is 19.2. The first-order chi connectivity index (χ1) is 15.8. The Kier molecular flexibility index (Phi) is 4.87. The molecule has 3 heterocycles. The molecule has 0 fully saturated rings. The van der Waals surface area contributed by atoms with E-state index in [4.69, 9.17) is 10.4 Å². The lowest BCUT2D eigenvalue weighted by Gasteiger charge is -2.15. The van der Waals surface area contributed by atoms with Gasteiger partial charge >= 0.3 is 0 Å². The third-order valence-electron chi connectivity index (χ3n) is 6.53. The summed E-state index contributed by atoms with van der Waals surface area (Å²) in [6.45, 7) is 5.84. The predicted octanol–water partition coefficient (Wildman–Crippen LogP) is 3.30.